The summed E-state index contributed by atoms with van der Waals surface area (Å²) in [6.45, 7) is 10.6. The van der Waals surface area contributed by atoms with Gasteiger partial charge in [0, 0.05) is 32.2 Å². The zero-order valence-corrected chi connectivity index (χ0v) is 19.8. The van der Waals surface area contributed by atoms with E-state index in [1.807, 2.05) is 0 Å². The van der Waals surface area contributed by atoms with Crippen LogP contribution in [0.15, 0.2) is 29.3 Å². The monoisotopic (exact) mass is 487 g/mol. The third kappa shape index (κ3) is 9.25. The Morgan fingerprint density at radius 3 is 2.30 bits per heavy atom. The summed E-state index contributed by atoms with van der Waals surface area (Å²) in [5, 5.41) is 7.03. The van der Waals surface area contributed by atoms with E-state index in [4.69, 9.17) is 4.99 Å². The van der Waals surface area contributed by atoms with E-state index in [1.54, 1.807) is 0 Å². The van der Waals surface area contributed by atoms with Crippen LogP contribution in [0, 0.1) is 0 Å². The Bertz CT molecular complexity index is 536. The summed E-state index contributed by atoms with van der Waals surface area (Å²) in [5.74, 6) is 0.943. The molecule has 0 atom stereocenters. The smallest absolute Gasteiger partial charge is 0.191 e. The highest BCUT2D eigenvalue weighted by molar-refractivity contribution is 14.0. The molecule has 1 heterocycles. The van der Waals surface area contributed by atoms with Crippen LogP contribution in [0.2, 0.25) is 0 Å². The first-order chi connectivity index (χ1) is 12.6. The molecule has 0 saturated carbocycles. The predicted molar refractivity (Wildman–Crippen MR) is 127 cm³/mol. The second kappa shape index (κ2) is 13.3. The van der Waals surface area contributed by atoms with Gasteiger partial charge in [0.25, 0.3) is 0 Å². The number of hydrogen-bond donors (Lipinski definition) is 2. The Balaban J connectivity index is 0.00000364. The minimum absolute atomic E-state index is 0. The number of halogens is 1. The van der Waals surface area contributed by atoms with Crippen LogP contribution in [-0.2, 0) is 13.1 Å². The number of nitrogens with zero attached hydrogens (tertiary/aromatic N) is 3. The fraction of sp³-hybridized carbons (Fsp3) is 0.667. The molecule has 0 aliphatic carbocycles. The summed E-state index contributed by atoms with van der Waals surface area (Å²) in [7, 11) is 4.19. The van der Waals surface area contributed by atoms with Gasteiger partial charge < -0.3 is 20.4 Å². The number of guanidine groups is 1. The Hall–Kier alpha value is -0.860. The molecule has 1 aromatic rings. The van der Waals surface area contributed by atoms with Gasteiger partial charge >= 0.3 is 0 Å². The average Bonchev–Trinajstić information content (AvgIpc) is 2.62. The van der Waals surface area contributed by atoms with Gasteiger partial charge in [-0.2, -0.15) is 0 Å². The molecule has 0 aromatic heterocycles. The summed E-state index contributed by atoms with van der Waals surface area (Å²) in [5.41, 5.74) is 2.59. The van der Waals surface area contributed by atoms with E-state index < -0.39 is 0 Å². The van der Waals surface area contributed by atoms with Crippen molar-refractivity contribution in [3.8, 4) is 0 Å². The number of aliphatic imine (C=N–C) groups is 1. The maximum absolute atomic E-state index is 4.79. The average molecular weight is 487 g/mol. The maximum atomic E-state index is 4.79. The highest BCUT2D eigenvalue weighted by atomic mass is 127. The van der Waals surface area contributed by atoms with E-state index in [1.165, 1.54) is 50.0 Å². The molecule has 2 rings (SSSR count). The minimum atomic E-state index is 0. The Morgan fingerprint density at radius 2 is 1.74 bits per heavy atom. The van der Waals surface area contributed by atoms with Crippen molar-refractivity contribution in [2.24, 2.45) is 4.99 Å². The third-order valence-electron chi connectivity index (χ3n) is 4.75. The van der Waals surface area contributed by atoms with Crippen LogP contribution in [0.25, 0.3) is 0 Å². The molecule has 1 aliphatic heterocycles. The third-order valence-corrected chi connectivity index (χ3v) is 4.75. The summed E-state index contributed by atoms with van der Waals surface area (Å²) in [6, 6.07) is 9.32. The lowest BCUT2D eigenvalue weighted by molar-refractivity contribution is 0.206. The normalized spacial score (nSPS) is 16.3. The first kappa shape index (κ1) is 24.2. The predicted octanol–water partition coefficient (Wildman–Crippen LogP) is 3.30. The van der Waals surface area contributed by atoms with Gasteiger partial charge in [-0.3, -0.25) is 0 Å². The van der Waals surface area contributed by atoms with E-state index in [0.717, 1.165) is 19.0 Å². The first-order valence-electron chi connectivity index (χ1n) is 10.1. The number of rotatable bonds is 8. The summed E-state index contributed by atoms with van der Waals surface area (Å²) < 4.78 is 0. The molecule has 1 aromatic carbocycles. The van der Waals surface area contributed by atoms with E-state index in [2.05, 4.69) is 72.6 Å². The topological polar surface area (TPSA) is 42.9 Å². The van der Waals surface area contributed by atoms with Crippen molar-refractivity contribution >= 4 is 29.9 Å². The molecule has 6 heteroatoms. The second-order valence-corrected chi connectivity index (χ2v) is 7.51. The highest BCUT2D eigenvalue weighted by Gasteiger charge is 2.19. The molecule has 2 N–H and O–H groups in total. The Morgan fingerprint density at radius 1 is 1.11 bits per heavy atom. The molecule has 0 bridgehead atoms. The van der Waals surface area contributed by atoms with Gasteiger partial charge in [0.1, 0.15) is 0 Å². The van der Waals surface area contributed by atoms with Gasteiger partial charge in [0.15, 0.2) is 5.96 Å². The Kier molecular flexibility index (Phi) is 11.9. The van der Waals surface area contributed by atoms with Crippen LogP contribution in [0.3, 0.4) is 0 Å². The molecular weight excluding hydrogens is 449 g/mol. The van der Waals surface area contributed by atoms with Crippen molar-refractivity contribution in [2.75, 3.05) is 40.3 Å². The lowest BCUT2D eigenvalue weighted by atomic mass is 10.1. The van der Waals surface area contributed by atoms with Crippen LogP contribution in [0.5, 0.6) is 0 Å². The molecule has 0 amide bonds. The van der Waals surface area contributed by atoms with E-state index >= 15 is 0 Å². The van der Waals surface area contributed by atoms with Gasteiger partial charge in [-0.05, 0) is 58.0 Å². The van der Waals surface area contributed by atoms with Gasteiger partial charge in [-0.25, -0.2) is 4.99 Å². The number of likely N-dealkylation sites (tertiary alicyclic amines) is 1. The maximum Gasteiger partial charge on any atom is 0.191 e. The number of hydrogen-bond acceptors (Lipinski definition) is 3. The van der Waals surface area contributed by atoms with E-state index in [-0.39, 0.29) is 24.0 Å². The molecule has 1 aliphatic rings. The first-order valence-corrected chi connectivity index (χ1v) is 10.1. The van der Waals surface area contributed by atoms with Gasteiger partial charge in [-0.1, -0.05) is 31.2 Å². The number of piperidine rings is 1. The molecule has 1 fully saturated rings. The summed E-state index contributed by atoms with van der Waals surface area (Å²) >= 11 is 0. The molecule has 1 saturated heterocycles. The van der Waals surface area contributed by atoms with Crippen molar-refractivity contribution in [2.45, 2.75) is 52.2 Å². The number of nitrogens with one attached hydrogen (secondary N) is 2. The standard InChI is InChI=1S/C21H37N5.HI/c1-5-13-26-14-11-20(12-15-26)24-21(22-6-2)23-16-18-7-9-19(10-8-18)17-25(3)4;/h7-10,20H,5-6,11-17H2,1-4H3,(H2,22,23,24);1H. The molecule has 0 radical (unpaired) electrons. The minimum Gasteiger partial charge on any atom is -0.357 e. The Labute approximate surface area is 183 Å². The van der Waals surface area contributed by atoms with Crippen molar-refractivity contribution in [3.05, 3.63) is 35.4 Å². The lowest BCUT2D eigenvalue weighted by Crippen LogP contribution is -2.48. The van der Waals surface area contributed by atoms with Crippen LogP contribution in [0.1, 0.15) is 44.2 Å². The van der Waals surface area contributed by atoms with Crippen molar-refractivity contribution in [1.29, 1.82) is 0 Å². The molecule has 0 spiro atoms. The molecule has 5 nitrogen and oxygen atoms in total. The van der Waals surface area contributed by atoms with E-state index in [0.29, 0.717) is 12.6 Å². The fourth-order valence-electron chi connectivity index (χ4n) is 3.42. The van der Waals surface area contributed by atoms with Crippen LogP contribution < -0.4 is 10.6 Å². The fourth-order valence-corrected chi connectivity index (χ4v) is 3.42. The molecular formula is C21H38IN5. The highest BCUT2D eigenvalue weighted by Crippen LogP contribution is 2.11. The van der Waals surface area contributed by atoms with Crippen LogP contribution in [0.4, 0.5) is 0 Å². The lowest BCUT2D eigenvalue weighted by Gasteiger charge is -2.32. The summed E-state index contributed by atoms with van der Waals surface area (Å²) in [6.07, 6.45) is 3.64. The molecule has 27 heavy (non-hydrogen) atoms. The molecule has 0 unspecified atom stereocenters. The van der Waals surface area contributed by atoms with Crippen molar-refractivity contribution < 1.29 is 0 Å². The number of benzene rings is 1. The van der Waals surface area contributed by atoms with Gasteiger partial charge in [-0.15, -0.1) is 24.0 Å². The molecule has 154 valence electrons. The largest absolute Gasteiger partial charge is 0.357 e. The zero-order valence-electron chi connectivity index (χ0n) is 17.5. The quantitative estimate of drug-likeness (QED) is 0.336. The zero-order chi connectivity index (χ0) is 18.8. The van der Waals surface area contributed by atoms with Crippen LogP contribution >= 0.6 is 24.0 Å². The summed E-state index contributed by atoms with van der Waals surface area (Å²) in [4.78, 5) is 9.55. The van der Waals surface area contributed by atoms with E-state index in [9.17, 15) is 0 Å². The SMILES string of the molecule is CCCN1CCC(NC(=NCc2ccc(CN(C)C)cc2)NCC)CC1.I. The van der Waals surface area contributed by atoms with Crippen molar-refractivity contribution in [1.82, 2.24) is 20.4 Å². The van der Waals surface area contributed by atoms with Crippen LogP contribution in [-0.4, -0.2) is 62.1 Å². The second-order valence-electron chi connectivity index (χ2n) is 7.51. The van der Waals surface area contributed by atoms with Gasteiger partial charge in [0.2, 0.25) is 0 Å². The van der Waals surface area contributed by atoms with Gasteiger partial charge in [0.05, 0.1) is 6.54 Å². The van der Waals surface area contributed by atoms with Crippen molar-refractivity contribution in [3.63, 3.8) is 0 Å².